The Labute approximate surface area is 59.8 Å². The molecule has 0 saturated carbocycles. The summed E-state index contributed by atoms with van der Waals surface area (Å²) in [5, 5.41) is 8.31. The van der Waals surface area contributed by atoms with E-state index < -0.39 is 11.0 Å². The van der Waals surface area contributed by atoms with Crippen molar-refractivity contribution in [2.75, 3.05) is 0 Å². The molecule has 1 atom stereocenters. The summed E-state index contributed by atoms with van der Waals surface area (Å²) < 4.78 is 0. The zero-order chi connectivity index (χ0) is 7.65. The summed E-state index contributed by atoms with van der Waals surface area (Å²) in [6.07, 6.45) is 0. The van der Waals surface area contributed by atoms with Crippen LogP contribution in [0.4, 0.5) is 0 Å². The van der Waals surface area contributed by atoms with Crippen molar-refractivity contribution in [3.63, 3.8) is 0 Å². The predicted molar refractivity (Wildman–Crippen MR) is 36.6 cm³/mol. The highest BCUT2D eigenvalue weighted by Crippen LogP contribution is 2.15. The molecule has 0 heterocycles. The van der Waals surface area contributed by atoms with Gasteiger partial charge in [0, 0.05) is 0 Å². The highest BCUT2D eigenvalue weighted by atomic mass is 35.5. The molecule has 2 nitrogen and oxygen atoms in total. The molecule has 0 amide bonds. The minimum absolute atomic E-state index is 0.204. The van der Waals surface area contributed by atoms with Gasteiger partial charge in [-0.2, -0.15) is 0 Å². The molecule has 54 valence electrons. The van der Waals surface area contributed by atoms with E-state index in [-0.39, 0.29) is 5.78 Å². The second kappa shape index (κ2) is 2.67. The molecule has 0 aliphatic heterocycles. The lowest BCUT2D eigenvalue weighted by Crippen LogP contribution is -2.36. The molecule has 0 fully saturated rings. The summed E-state index contributed by atoms with van der Waals surface area (Å²) in [4.78, 5) is 10.5. The lowest BCUT2D eigenvalue weighted by Gasteiger charge is -2.20. The van der Waals surface area contributed by atoms with E-state index in [0.717, 1.165) is 0 Å². The molecule has 0 aromatic rings. The van der Waals surface area contributed by atoms with E-state index in [9.17, 15) is 4.79 Å². The predicted octanol–water partition coefficient (Wildman–Crippen LogP) is 0.954. The molecule has 0 spiro atoms. The van der Waals surface area contributed by atoms with Crippen molar-refractivity contribution in [3.05, 3.63) is 0 Å². The first kappa shape index (κ1) is 8.92. The topological polar surface area (TPSA) is 37.3 Å². The largest absolute Gasteiger partial charge is 0.388 e. The third-order valence-electron chi connectivity index (χ3n) is 0.977. The van der Waals surface area contributed by atoms with E-state index in [1.54, 1.807) is 0 Å². The van der Waals surface area contributed by atoms with Gasteiger partial charge in [0.25, 0.3) is 0 Å². The fraction of sp³-hybridized carbons (Fsp3) is 0.833. The van der Waals surface area contributed by atoms with Gasteiger partial charge in [0.1, 0.15) is 5.38 Å². The van der Waals surface area contributed by atoms with E-state index in [2.05, 4.69) is 0 Å². The zero-order valence-corrected chi connectivity index (χ0v) is 6.57. The van der Waals surface area contributed by atoms with Crippen molar-refractivity contribution < 1.29 is 9.90 Å². The van der Waals surface area contributed by atoms with Gasteiger partial charge in [-0.15, -0.1) is 11.6 Å². The van der Waals surface area contributed by atoms with Crippen molar-refractivity contribution >= 4 is 17.4 Å². The van der Waals surface area contributed by atoms with Gasteiger partial charge < -0.3 is 5.11 Å². The molecule has 0 unspecified atom stereocenters. The Hall–Kier alpha value is -0.0800. The fourth-order valence-corrected chi connectivity index (χ4v) is 0.497. The maximum absolute atomic E-state index is 10.5. The molecule has 3 heteroatoms. The second-order valence-corrected chi connectivity index (χ2v) is 3.06. The van der Waals surface area contributed by atoms with Crippen molar-refractivity contribution in [2.24, 2.45) is 0 Å². The minimum atomic E-state index is -1.10. The van der Waals surface area contributed by atoms with Gasteiger partial charge in [0.15, 0.2) is 5.78 Å². The molecular formula is C6H11ClO2. The minimum Gasteiger partial charge on any atom is -0.388 e. The number of hydrogen-bond donors (Lipinski definition) is 1. The van der Waals surface area contributed by atoms with Crippen LogP contribution in [0.25, 0.3) is 0 Å². The van der Waals surface area contributed by atoms with E-state index in [0.29, 0.717) is 0 Å². The first-order valence-electron chi connectivity index (χ1n) is 2.72. The Kier molecular flexibility index (Phi) is 2.65. The number of halogens is 1. The Morgan fingerprint density at radius 3 is 2.00 bits per heavy atom. The van der Waals surface area contributed by atoms with Crippen LogP contribution in [0.15, 0.2) is 0 Å². The molecule has 0 aliphatic rings. The summed E-state index contributed by atoms with van der Waals surface area (Å²) >= 11 is 5.49. The monoisotopic (exact) mass is 150 g/mol. The van der Waals surface area contributed by atoms with Crippen LogP contribution >= 0.6 is 11.6 Å². The normalized spacial score (nSPS) is 15.2. The standard InChI is InChI=1S/C6H11ClO2/c1-4(8)5(7)6(2,3)9/h5,9H,1-3H3/t5-/m1/s1. The average molecular weight is 151 g/mol. The first-order chi connectivity index (χ1) is 3.85. The van der Waals surface area contributed by atoms with Crippen LogP contribution in [0.3, 0.4) is 0 Å². The summed E-state index contributed by atoms with van der Waals surface area (Å²) in [6, 6.07) is 0. The number of carbonyl (C=O) groups is 1. The maximum atomic E-state index is 10.5. The van der Waals surface area contributed by atoms with Crippen molar-refractivity contribution in [1.29, 1.82) is 0 Å². The Bertz CT molecular complexity index is 115. The van der Waals surface area contributed by atoms with Gasteiger partial charge in [-0.3, -0.25) is 4.79 Å². The Morgan fingerprint density at radius 1 is 1.67 bits per heavy atom. The molecule has 0 bridgehead atoms. The number of alkyl halides is 1. The van der Waals surface area contributed by atoms with Crippen LogP contribution in [-0.4, -0.2) is 21.9 Å². The molecular weight excluding hydrogens is 140 g/mol. The van der Waals surface area contributed by atoms with E-state index in [1.807, 2.05) is 0 Å². The van der Waals surface area contributed by atoms with Gasteiger partial charge in [-0.25, -0.2) is 0 Å². The smallest absolute Gasteiger partial charge is 0.150 e. The number of carbonyl (C=O) groups excluding carboxylic acids is 1. The van der Waals surface area contributed by atoms with Crippen LogP contribution in [-0.2, 0) is 4.79 Å². The summed E-state index contributed by atoms with van der Waals surface area (Å²) in [5.41, 5.74) is -1.10. The van der Waals surface area contributed by atoms with Crippen LogP contribution in [0.1, 0.15) is 20.8 Å². The molecule has 0 radical (unpaired) electrons. The molecule has 1 N–H and O–H groups in total. The number of hydrogen-bond acceptors (Lipinski definition) is 2. The number of ketones is 1. The number of rotatable bonds is 2. The van der Waals surface area contributed by atoms with Crippen LogP contribution in [0.2, 0.25) is 0 Å². The summed E-state index contributed by atoms with van der Waals surface area (Å²) in [5.74, 6) is -0.204. The maximum Gasteiger partial charge on any atom is 0.150 e. The lowest BCUT2D eigenvalue weighted by molar-refractivity contribution is -0.120. The SMILES string of the molecule is CC(=O)[C@@H](Cl)C(C)(C)O. The van der Waals surface area contributed by atoms with Crippen molar-refractivity contribution in [2.45, 2.75) is 31.7 Å². The van der Waals surface area contributed by atoms with E-state index in [4.69, 9.17) is 16.7 Å². The Morgan fingerprint density at radius 2 is 2.00 bits per heavy atom. The fourth-order valence-electron chi connectivity index (χ4n) is 0.497. The van der Waals surface area contributed by atoms with Crippen molar-refractivity contribution in [1.82, 2.24) is 0 Å². The molecule has 0 saturated heterocycles. The summed E-state index contributed by atoms with van der Waals surface area (Å²) in [6.45, 7) is 4.37. The molecule has 0 rings (SSSR count). The Balaban J connectivity index is 4.04. The quantitative estimate of drug-likeness (QED) is 0.596. The highest BCUT2D eigenvalue weighted by Gasteiger charge is 2.27. The van der Waals surface area contributed by atoms with E-state index >= 15 is 0 Å². The van der Waals surface area contributed by atoms with Gasteiger partial charge in [0.05, 0.1) is 5.60 Å². The van der Waals surface area contributed by atoms with Gasteiger partial charge in [-0.05, 0) is 20.8 Å². The van der Waals surface area contributed by atoms with Crippen LogP contribution in [0, 0.1) is 0 Å². The molecule has 0 aromatic carbocycles. The number of aliphatic hydroxyl groups is 1. The molecule has 0 aromatic heterocycles. The van der Waals surface area contributed by atoms with Crippen LogP contribution < -0.4 is 0 Å². The van der Waals surface area contributed by atoms with Crippen LogP contribution in [0.5, 0.6) is 0 Å². The van der Waals surface area contributed by atoms with Gasteiger partial charge >= 0.3 is 0 Å². The highest BCUT2D eigenvalue weighted by molar-refractivity contribution is 6.31. The second-order valence-electron chi connectivity index (χ2n) is 2.63. The molecule has 0 aliphatic carbocycles. The first-order valence-corrected chi connectivity index (χ1v) is 3.16. The van der Waals surface area contributed by atoms with Gasteiger partial charge in [-0.1, -0.05) is 0 Å². The summed E-state index contributed by atoms with van der Waals surface area (Å²) in [7, 11) is 0. The zero-order valence-electron chi connectivity index (χ0n) is 5.81. The third-order valence-corrected chi connectivity index (χ3v) is 1.82. The lowest BCUT2D eigenvalue weighted by atomic mass is 10.0. The third kappa shape index (κ3) is 2.82. The molecule has 9 heavy (non-hydrogen) atoms. The average Bonchev–Trinajstić information content (AvgIpc) is 1.62. The van der Waals surface area contributed by atoms with E-state index in [1.165, 1.54) is 20.8 Å². The van der Waals surface area contributed by atoms with Gasteiger partial charge in [0.2, 0.25) is 0 Å². The van der Waals surface area contributed by atoms with Crippen molar-refractivity contribution in [3.8, 4) is 0 Å². The number of Topliss-reactive ketones (excluding diaryl/α,β-unsaturated/α-hetero) is 1.